The number of hydrogen-bond donors (Lipinski definition) is 3. The number of aliphatic hydroxyl groups is 1. The van der Waals surface area contributed by atoms with Crippen LogP contribution in [0.2, 0.25) is 0 Å². The van der Waals surface area contributed by atoms with Crippen LogP contribution in [0, 0.1) is 6.92 Å². The molecule has 0 radical (unpaired) electrons. The fourth-order valence-electron chi connectivity index (χ4n) is 1.78. The number of carbonyl (C=O) groups excluding carboxylic acids is 1. The third-order valence-electron chi connectivity index (χ3n) is 2.94. The Hall–Kier alpha value is -1.43. The fourth-order valence-corrected chi connectivity index (χ4v) is 1.78. The summed E-state index contributed by atoms with van der Waals surface area (Å²) in [5, 5.41) is 15.8. The maximum absolute atomic E-state index is 11.7. The van der Waals surface area contributed by atoms with Gasteiger partial charge in [0.15, 0.2) is 0 Å². The highest BCUT2D eigenvalue weighted by atomic mass is 16.5. The molecule has 1 unspecified atom stereocenters. The molecule has 5 nitrogen and oxygen atoms in total. The first-order chi connectivity index (χ1) is 9.43. The number of amides is 1. The smallest absolute Gasteiger partial charge is 0.238 e. The predicted molar refractivity (Wildman–Crippen MR) is 79.8 cm³/mol. The van der Waals surface area contributed by atoms with E-state index in [1.165, 1.54) is 0 Å². The second kappa shape index (κ2) is 7.99. The summed E-state index contributed by atoms with van der Waals surface area (Å²) in [6.45, 7) is 4.69. The van der Waals surface area contributed by atoms with E-state index in [1.807, 2.05) is 31.2 Å². The number of benzene rings is 1. The van der Waals surface area contributed by atoms with Crippen molar-refractivity contribution in [3.8, 4) is 0 Å². The number of rotatable bonds is 8. The number of carbonyl (C=O) groups is 1. The molecule has 5 heteroatoms. The van der Waals surface area contributed by atoms with Crippen molar-refractivity contribution in [1.82, 2.24) is 5.32 Å². The van der Waals surface area contributed by atoms with Crippen molar-refractivity contribution >= 4 is 11.6 Å². The average Bonchev–Trinajstić information content (AvgIpc) is 2.36. The van der Waals surface area contributed by atoms with Gasteiger partial charge in [-0.3, -0.25) is 4.79 Å². The van der Waals surface area contributed by atoms with Gasteiger partial charge in [0, 0.05) is 32.4 Å². The molecule has 3 N–H and O–H groups in total. The van der Waals surface area contributed by atoms with E-state index in [9.17, 15) is 9.90 Å². The third kappa shape index (κ3) is 6.65. The lowest BCUT2D eigenvalue weighted by Crippen LogP contribution is -2.41. The van der Waals surface area contributed by atoms with Crippen LogP contribution in [0.15, 0.2) is 24.3 Å². The molecule has 1 rings (SSSR count). The molecular weight excluding hydrogens is 256 g/mol. The molecule has 1 atom stereocenters. The molecule has 1 aromatic carbocycles. The first-order valence-corrected chi connectivity index (χ1v) is 6.71. The van der Waals surface area contributed by atoms with E-state index in [0.717, 1.165) is 11.3 Å². The van der Waals surface area contributed by atoms with Crippen molar-refractivity contribution in [2.45, 2.75) is 25.9 Å². The van der Waals surface area contributed by atoms with Crippen LogP contribution in [0.4, 0.5) is 5.69 Å². The number of nitrogens with one attached hydrogen (secondary N) is 2. The van der Waals surface area contributed by atoms with E-state index in [1.54, 1.807) is 14.0 Å². The van der Waals surface area contributed by atoms with E-state index in [2.05, 4.69) is 10.6 Å². The third-order valence-corrected chi connectivity index (χ3v) is 2.94. The lowest BCUT2D eigenvalue weighted by molar-refractivity contribution is -0.115. The van der Waals surface area contributed by atoms with Crippen LogP contribution in [0.25, 0.3) is 0 Å². The molecular formula is C15H24N2O3. The normalized spacial score (nSPS) is 13.8. The second-order valence-corrected chi connectivity index (χ2v) is 5.26. The average molecular weight is 280 g/mol. The molecule has 0 aliphatic heterocycles. The zero-order valence-electron chi connectivity index (χ0n) is 12.4. The Bertz CT molecular complexity index is 433. The minimum absolute atomic E-state index is 0.127. The molecule has 0 aliphatic carbocycles. The van der Waals surface area contributed by atoms with Gasteiger partial charge in [-0.1, -0.05) is 12.1 Å². The molecule has 0 heterocycles. The zero-order chi connectivity index (χ0) is 15.0. The molecule has 0 saturated heterocycles. The van der Waals surface area contributed by atoms with Crippen LogP contribution in [0.5, 0.6) is 0 Å². The molecule has 0 spiro atoms. The minimum Gasteiger partial charge on any atom is -0.389 e. The van der Waals surface area contributed by atoms with E-state index >= 15 is 0 Å². The Balaban J connectivity index is 2.30. The SMILES string of the molecule is COCCC(C)(O)CNCC(=O)Nc1cccc(C)c1. The van der Waals surface area contributed by atoms with Gasteiger partial charge in [-0.2, -0.15) is 0 Å². The first-order valence-electron chi connectivity index (χ1n) is 6.71. The Kier molecular flexibility index (Phi) is 6.64. The molecule has 112 valence electrons. The summed E-state index contributed by atoms with van der Waals surface area (Å²) in [6.07, 6.45) is 0.524. The molecule has 1 amide bonds. The van der Waals surface area contributed by atoms with Crippen molar-refractivity contribution < 1.29 is 14.6 Å². The maximum atomic E-state index is 11.7. The summed E-state index contributed by atoms with van der Waals surface area (Å²) < 4.78 is 4.93. The van der Waals surface area contributed by atoms with Crippen LogP contribution < -0.4 is 10.6 Å². The van der Waals surface area contributed by atoms with Gasteiger partial charge in [0.05, 0.1) is 12.1 Å². The highest BCUT2D eigenvalue weighted by Crippen LogP contribution is 2.09. The standard InChI is InChI=1S/C15H24N2O3/c1-12-5-4-6-13(9-12)17-14(18)10-16-11-15(2,19)7-8-20-3/h4-6,9,16,19H,7-8,10-11H2,1-3H3,(H,17,18). The van der Waals surface area contributed by atoms with Gasteiger partial charge < -0.3 is 20.5 Å². The van der Waals surface area contributed by atoms with Gasteiger partial charge in [0.2, 0.25) is 5.91 Å². The minimum atomic E-state index is -0.875. The molecule has 0 saturated carbocycles. The number of methoxy groups -OCH3 is 1. The summed E-state index contributed by atoms with van der Waals surface area (Å²) in [5.41, 5.74) is 1.00. The van der Waals surface area contributed by atoms with Crippen LogP contribution >= 0.6 is 0 Å². The number of aryl methyl sites for hydroxylation is 1. The van der Waals surface area contributed by atoms with Gasteiger partial charge >= 0.3 is 0 Å². The van der Waals surface area contributed by atoms with Crippen molar-refractivity contribution in [3.05, 3.63) is 29.8 Å². The van der Waals surface area contributed by atoms with Gasteiger partial charge in [-0.15, -0.1) is 0 Å². The fraction of sp³-hybridized carbons (Fsp3) is 0.533. The molecule has 1 aromatic rings. The van der Waals surface area contributed by atoms with Gasteiger partial charge in [-0.05, 0) is 31.5 Å². The first kappa shape index (κ1) is 16.6. The van der Waals surface area contributed by atoms with Crippen molar-refractivity contribution in [1.29, 1.82) is 0 Å². The quantitative estimate of drug-likeness (QED) is 0.671. The van der Waals surface area contributed by atoms with Crippen LogP contribution in [0.1, 0.15) is 18.9 Å². The molecule has 0 aliphatic rings. The van der Waals surface area contributed by atoms with Crippen LogP contribution in [-0.2, 0) is 9.53 Å². The Labute approximate surface area is 120 Å². The maximum Gasteiger partial charge on any atom is 0.238 e. The molecule has 0 aromatic heterocycles. The largest absolute Gasteiger partial charge is 0.389 e. The lowest BCUT2D eigenvalue weighted by Gasteiger charge is -2.23. The molecule has 0 fully saturated rings. The highest BCUT2D eigenvalue weighted by Gasteiger charge is 2.19. The Morgan fingerprint density at radius 1 is 1.45 bits per heavy atom. The van der Waals surface area contributed by atoms with Crippen LogP contribution in [0.3, 0.4) is 0 Å². The topological polar surface area (TPSA) is 70.6 Å². The molecule has 0 bridgehead atoms. The van der Waals surface area contributed by atoms with Crippen molar-refractivity contribution in [2.75, 3.05) is 32.1 Å². The number of ether oxygens (including phenoxy) is 1. The van der Waals surface area contributed by atoms with Crippen molar-refractivity contribution in [2.24, 2.45) is 0 Å². The van der Waals surface area contributed by atoms with Gasteiger partial charge in [-0.25, -0.2) is 0 Å². The summed E-state index contributed by atoms with van der Waals surface area (Å²) in [6, 6.07) is 7.63. The van der Waals surface area contributed by atoms with Crippen molar-refractivity contribution in [3.63, 3.8) is 0 Å². The van der Waals surface area contributed by atoms with E-state index in [0.29, 0.717) is 19.6 Å². The zero-order valence-corrected chi connectivity index (χ0v) is 12.4. The summed E-state index contributed by atoms with van der Waals surface area (Å²) >= 11 is 0. The Morgan fingerprint density at radius 2 is 2.20 bits per heavy atom. The summed E-state index contributed by atoms with van der Waals surface area (Å²) in [5.74, 6) is -0.127. The second-order valence-electron chi connectivity index (χ2n) is 5.26. The predicted octanol–water partition coefficient (Wildman–Crippen LogP) is 1.31. The van der Waals surface area contributed by atoms with E-state index < -0.39 is 5.60 Å². The van der Waals surface area contributed by atoms with E-state index in [4.69, 9.17) is 4.74 Å². The lowest BCUT2D eigenvalue weighted by atomic mass is 10.0. The number of hydrogen-bond acceptors (Lipinski definition) is 4. The number of anilines is 1. The van der Waals surface area contributed by atoms with Gasteiger partial charge in [0.1, 0.15) is 0 Å². The van der Waals surface area contributed by atoms with E-state index in [-0.39, 0.29) is 12.5 Å². The summed E-state index contributed by atoms with van der Waals surface area (Å²) in [4.78, 5) is 11.7. The van der Waals surface area contributed by atoms with Gasteiger partial charge in [0.25, 0.3) is 0 Å². The monoisotopic (exact) mass is 280 g/mol. The summed E-state index contributed by atoms with van der Waals surface area (Å²) in [7, 11) is 1.60. The molecule has 20 heavy (non-hydrogen) atoms. The van der Waals surface area contributed by atoms with Crippen LogP contribution in [-0.4, -0.2) is 43.4 Å². The highest BCUT2D eigenvalue weighted by molar-refractivity contribution is 5.92. The Morgan fingerprint density at radius 3 is 2.85 bits per heavy atom.